The number of piperazine rings is 1. The summed E-state index contributed by atoms with van der Waals surface area (Å²) in [6.07, 6.45) is -9.22. The largest absolute Gasteiger partial charge is 0.483 e. The highest BCUT2D eigenvalue weighted by molar-refractivity contribution is 5.85. The van der Waals surface area contributed by atoms with Crippen molar-refractivity contribution in [1.82, 2.24) is 15.5 Å². The number of hydrogen-bond acceptors (Lipinski definition) is 4. The molecule has 0 bridgehead atoms. The molecule has 1 aromatic rings. The van der Waals surface area contributed by atoms with Crippen LogP contribution in [-0.2, 0) is 11.0 Å². The van der Waals surface area contributed by atoms with E-state index in [2.05, 4.69) is 10.6 Å². The predicted octanol–water partition coefficient (Wildman–Crippen LogP) is 2.46. The number of carbonyl (C=O) groups is 1. The second-order valence-corrected chi connectivity index (χ2v) is 5.93. The van der Waals surface area contributed by atoms with Crippen LogP contribution in [0.2, 0.25) is 0 Å². The summed E-state index contributed by atoms with van der Waals surface area (Å²) in [7, 11) is 0. The quantitative estimate of drug-likeness (QED) is 0.674. The highest BCUT2D eigenvalue weighted by Crippen LogP contribution is 2.35. The van der Waals surface area contributed by atoms with E-state index in [0.29, 0.717) is 13.1 Å². The zero-order valence-corrected chi connectivity index (χ0v) is 15.4. The molecule has 1 saturated heterocycles. The number of hydrogen-bond donors (Lipinski definition) is 2. The van der Waals surface area contributed by atoms with Crippen LogP contribution in [0.25, 0.3) is 0 Å². The minimum absolute atomic E-state index is 0. The molecule has 1 unspecified atom stereocenters. The Morgan fingerprint density at radius 2 is 1.75 bits per heavy atom. The minimum Gasteiger partial charge on any atom is -0.483 e. The summed E-state index contributed by atoms with van der Waals surface area (Å²) in [5.74, 6) is -1.49. The third-order valence-electron chi connectivity index (χ3n) is 4.01. The molecule has 28 heavy (non-hydrogen) atoms. The van der Waals surface area contributed by atoms with E-state index in [-0.39, 0.29) is 25.5 Å². The Kier molecular flexibility index (Phi) is 8.83. The van der Waals surface area contributed by atoms with Crippen LogP contribution in [0.3, 0.4) is 0 Å². The Morgan fingerprint density at radius 3 is 2.32 bits per heavy atom. The molecule has 1 amide bonds. The maximum Gasteiger partial charge on any atom is 0.419 e. The third kappa shape index (κ3) is 7.02. The maximum absolute atomic E-state index is 13.2. The third-order valence-corrected chi connectivity index (χ3v) is 4.01. The van der Waals surface area contributed by atoms with Gasteiger partial charge in [-0.25, -0.2) is 0 Å². The number of nitrogens with one attached hydrogen (secondary N) is 2. The normalized spacial score (nSPS) is 16.8. The van der Waals surface area contributed by atoms with E-state index in [1.165, 1.54) is 11.0 Å². The van der Waals surface area contributed by atoms with E-state index < -0.39 is 48.8 Å². The molecule has 0 aromatic heterocycles. The molecule has 2 N–H and O–H groups in total. The van der Waals surface area contributed by atoms with Gasteiger partial charge in [0.2, 0.25) is 0 Å². The Morgan fingerprint density at radius 1 is 1.14 bits per heavy atom. The number of alkyl halides is 6. The maximum atomic E-state index is 13.2. The van der Waals surface area contributed by atoms with Crippen LogP contribution < -0.4 is 15.4 Å². The van der Waals surface area contributed by atoms with Gasteiger partial charge in [-0.3, -0.25) is 9.69 Å². The van der Waals surface area contributed by atoms with E-state index >= 15 is 0 Å². The zero-order valence-electron chi connectivity index (χ0n) is 14.6. The summed E-state index contributed by atoms with van der Waals surface area (Å²) in [6, 6.07) is 2.42. The van der Waals surface area contributed by atoms with Gasteiger partial charge in [0.15, 0.2) is 6.61 Å². The number of nitrogens with zero attached hydrogens (tertiary/aromatic N) is 1. The number of benzene rings is 1. The average Bonchev–Trinajstić information content (AvgIpc) is 2.59. The smallest absolute Gasteiger partial charge is 0.419 e. The van der Waals surface area contributed by atoms with Gasteiger partial charge in [0.25, 0.3) is 5.91 Å². The molecular weight excluding hydrogens is 416 g/mol. The first-order valence-electron chi connectivity index (χ1n) is 8.16. The monoisotopic (exact) mass is 435 g/mol. The molecule has 0 radical (unpaired) electrons. The molecule has 0 saturated carbocycles. The fourth-order valence-corrected chi connectivity index (χ4v) is 2.68. The van der Waals surface area contributed by atoms with Crippen LogP contribution in [0.4, 0.5) is 26.3 Å². The van der Waals surface area contributed by atoms with Crippen molar-refractivity contribution in [2.75, 3.05) is 39.3 Å². The molecule has 1 aliphatic heterocycles. The summed E-state index contributed by atoms with van der Waals surface area (Å²) in [4.78, 5) is 13.0. The van der Waals surface area contributed by atoms with Crippen molar-refractivity contribution >= 4 is 18.3 Å². The lowest BCUT2D eigenvalue weighted by molar-refractivity contribution is -0.184. The van der Waals surface area contributed by atoms with Gasteiger partial charge in [0, 0.05) is 32.7 Å². The molecule has 5 nitrogen and oxygen atoms in total. The first kappa shape index (κ1) is 24.3. The lowest BCUT2D eigenvalue weighted by atomic mass is 10.2. The molecule has 1 aliphatic rings. The second-order valence-electron chi connectivity index (χ2n) is 5.93. The van der Waals surface area contributed by atoms with E-state index in [4.69, 9.17) is 4.74 Å². The van der Waals surface area contributed by atoms with E-state index in [1.54, 1.807) is 0 Å². The fourth-order valence-electron chi connectivity index (χ4n) is 2.68. The molecular formula is C16H20ClF6N3O2. The van der Waals surface area contributed by atoms with Gasteiger partial charge in [-0.1, -0.05) is 12.1 Å². The van der Waals surface area contributed by atoms with E-state index in [9.17, 15) is 31.1 Å². The molecule has 2 rings (SSSR count). The van der Waals surface area contributed by atoms with Gasteiger partial charge in [-0.05, 0) is 12.1 Å². The van der Waals surface area contributed by atoms with Crippen molar-refractivity contribution in [2.45, 2.75) is 18.4 Å². The molecule has 1 atom stereocenters. The molecule has 0 spiro atoms. The van der Waals surface area contributed by atoms with Gasteiger partial charge >= 0.3 is 12.4 Å². The van der Waals surface area contributed by atoms with Crippen LogP contribution >= 0.6 is 12.4 Å². The van der Waals surface area contributed by atoms with Crippen molar-refractivity contribution in [3.63, 3.8) is 0 Å². The molecule has 1 aromatic carbocycles. The van der Waals surface area contributed by atoms with Crippen molar-refractivity contribution in [1.29, 1.82) is 0 Å². The van der Waals surface area contributed by atoms with Crippen molar-refractivity contribution in [2.24, 2.45) is 0 Å². The van der Waals surface area contributed by atoms with Crippen LogP contribution in [-0.4, -0.2) is 62.4 Å². The molecule has 0 aliphatic carbocycles. The first-order chi connectivity index (χ1) is 12.6. The van der Waals surface area contributed by atoms with E-state index in [1.807, 2.05) is 0 Å². The summed E-state index contributed by atoms with van der Waals surface area (Å²) in [5, 5.41) is 5.02. The summed E-state index contributed by atoms with van der Waals surface area (Å²) in [5.41, 5.74) is -1.06. The Labute approximate surface area is 163 Å². The predicted molar refractivity (Wildman–Crippen MR) is 91.5 cm³/mol. The van der Waals surface area contributed by atoms with Crippen molar-refractivity contribution in [3.05, 3.63) is 29.8 Å². The first-order valence-corrected chi connectivity index (χ1v) is 8.16. The minimum atomic E-state index is -4.67. The Balaban J connectivity index is 0.00000392. The van der Waals surface area contributed by atoms with E-state index in [0.717, 1.165) is 18.2 Å². The average molecular weight is 436 g/mol. The summed E-state index contributed by atoms with van der Waals surface area (Å²) >= 11 is 0. The van der Waals surface area contributed by atoms with Crippen molar-refractivity contribution in [3.8, 4) is 5.75 Å². The highest BCUT2D eigenvalue weighted by Gasteiger charge is 2.43. The Hall–Kier alpha value is -1.72. The van der Waals surface area contributed by atoms with Crippen LogP contribution in [0.5, 0.6) is 5.75 Å². The topological polar surface area (TPSA) is 53.6 Å². The highest BCUT2D eigenvalue weighted by atomic mass is 35.5. The zero-order chi connectivity index (χ0) is 20.1. The number of ether oxygens (including phenoxy) is 1. The number of halogens is 7. The van der Waals surface area contributed by atoms with Gasteiger partial charge in [0.1, 0.15) is 11.8 Å². The molecule has 160 valence electrons. The number of rotatable bonds is 6. The fraction of sp³-hybridized carbons (Fsp3) is 0.562. The lowest BCUT2D eigenvalue weighted by Gasteiger charge is -2.35. The standard InChI is InChI=1S/C16H19F6N3O2.ClH/c17-15(18,19)11-3-1-2-4-12(11)27-10-14(26)24-9-13(16(20,21)22)25-7-5-23-6-8-25;/h1-4,13,23H,5-10H2,(H,24,26);1H. The number of carbonyl (C=O) groups excluding carboxylic acids is 1. The molecule has 12 heteroatoms. The van der Waals surface area contributed by atoms with Crippen LogP contribution in [0.15, 0.2) is 24.3 Å². The SMILES string of the molecule is Cl.O=C(COc1ccccc1C(F)(F)F)NCC(N1CCNCC1)C(F)(F)F. The van der Waals surface area contributed by atoms with Gasteiger partial charge in [-0.2, -0.15) is 26.3 Å². The van der Waals surface area contributed by atoms with Gasteiger partial charge in [0.05, 0.1) is 5.56 Å². The Bertz CT molecular complexity index is 636. The summed E-state index contributed by atoms with van der Waals surface area (Å²) < 4.78 is 83.1. The number of amides is 1. The van der Waals surface area contributed by atoms with Crippen molar-refractivity contribution < 1.29 is 35.9 Å². The van der Waals surface area contributed by atoms with Crippen LogP contribution in [0, 0.1) is 0 Å². The van der Waals surface area contributed by atoms with Gasteiger partial charge < -0.3 is 15.4 Å². The van der Waals surface area contributed by atoms with Gasteiger partial charge in [-0.15, -0.1) is 12.4 Å². The second kappa shape index (κ2) is 10.2. The molecule has 1 fully saturated rings. The number of para-hydroxylation sites is 1. The molecule has 1 heterocycles. The lowest BCUT2D eigenvalue weighted by Crippen LogP contribution is -2.57. The van der Waals surface area contributed by atoms with Crippen LogP contribution in [0.1, 0.15) is 5.56 Å². The summed E-state index contributed by atoms with van der Waals surface area (Å²) in [6.45, 7) is -0.368.